The van der Waals surface area contributed by atoms with Crippen LogP contribution in [-0.4, -0.2) is 24.9 Å². The lowest BCUT2D eigenvalue weighted by molar-refractivity contribution is -0.123. The summed E-state index contributed by atoms with van der Waals surface area (Å²) in [6, 6.07) is 4.11. The highest BCUT2D eigenvalue weighted by atomic mass is 19.1. The Hall–Kier alpha value is -1.95. The maximum atomic E-state index is 13.5. The molecule has 108 valence electrons. The number of benzene rings is 1. The van der Waals surface area contributed by atoms with Gasteiger partial charge in [-0.05, 0) is 38.1 Å². The van der Waals surface area contributed by atoms with Crippen LogP contribution in [0, 0.1) is 11.2 Å². The summed E-state index contributed by atoms with van der Waals surface area (Å²) in [7, 11) is 0. The largest absolute Gasteiger partial charge is 0.325 e. The molecular formula is C14H18FN3O2. The fraction of sp³-hybridized carbons (Fsp3) is 0.429. The number of nitrogens with one attached hydrogen (secondary N) is 3. The highest BCUT2D eigenvalue weighted by molar-refractivity contribution is 5.96. The molecule has 1 fully saturated rings. The van der Waals surface area contributed by atoms with Gasteiger partial charge in [0.15, 0.2) is 0 Å². The van der Waals surface area contributed by atoms with Crippen molar-refractivity contribution >= 4 is 23.2 Å². The zero-order chi connectivity index (χ0) is 14.8. The first-order valence-corrected chi connectivity index (χ1v) is 6.50. The Kier molecular flexibility index (Phi) is 4.04. The molecule has 1 atom stereocenters. The van der Waals surface area contributed by atoms with E-state index in [0.717, 1.165) is 13.0 Å². The summed E-state index contributed by atoms with van der Waals surface area (Å²) in [6.07, 6.45) is 0.762. The molecule has 1 aliphatic heterocycles. The van der Waals surface area contributed by atoms with Crippen LogP contribution >= 0.6 is 0 Å². The van der Waals surface area contributed by atoms with Crippen molar-refractivity contribution in [2.24, 2.45) is 5.41 Å². The van der Waals surface area contributed by atoms with E-state index in [2.05, 4.69) is 16.0 Å². The van der Waals surface area contributed by atoms with E-state index in [1.165, 1.54) is 25.1 Å². The Morgan fingerprint density at radius 1 is 1.35 bits per heavy atom. The van der Waals surface area contributed by atoms with Crippen LogP contribution in [0.3, 0.4) is 0 Å². The molecule has 0 aliphatic carbocycles. The number of hydrogen-bond acceptors (Lipinski definition) is 3. The van der Waals surface area contributed by atoms with E-state index in [1.54, 1.807) is 0 Å². The molecule has 1 saturated heterocycles. The first kappa shape index (κ1) is 14.5. The third-order valence-corrected chi connectivity index (χ3v) is 3.45. The van der Waals surface area contributed by atoms with Gasteiger partial charge in [-0.15, -0.1) is 0 Å². The van der Waals surface area contributed by atoms with E-state index < -0.39 is 11.2 Å². The molecule has 0 saturated carbocycles. The molecule has 0 aromatic heterocycles. The molecule has 6 heteroatoms. The van der Waals surface area contributed by atoms with Crippen LogP contribution in [0.1, 0.15) is 20.3 Å². The van der Waals surface area contributed by atoms with E-state index in [4.69, 9.17) is 0 Å². The van der Waals surface area contributed by atoms with E-state index >= 15 is 0 Å². The molecular weight excluding hydrogens is 261 g/mol. The third kappa shape index (κ3) is 3.14. The van der Waals surface area contributed by atoms with Crippen molar-refractivity contribution in [1.29, 1.82) is 0 Å². The molecule has 1 aliphatic rings. The van der Waals surface area contributed by atoms with Gasteiger partial charge >= 0.3 is 0 Å². The first-order chi connectivity index (χ1) is 9.40. The van der Waals surface area contributed by atoms with Gasteiger partial charge in [-0.2, -0.15) is 0 Å². The van der Waals surface area contributed by atoms with Crippen molar-refractivity contribution in [3.8, 4) is 0 Å². The second-order valence-corrected chi connectivity index (χ2v) is 5.32. The summed E-state index contributed by atoms with van der Waals surface area (Å²) >= 11 is 0. The third-order valence-electron chi connectivity index (χ3n) is 3.45. The van der Waals surface area contributed by atoms with E-state index in [-0.39, 0.29) is 17.5 Å². The van der Waals surface area contributed by atoms with Crippen molar-refractivity contribution in [2.75, 3.05) is 23.7 Å². The minimum Gasteiger partial charge on any atom is -0.325 e. The fourth-order valence-corrected chi connectivity index (χ4v) is 2.18. The Balaban J connectivity index is 2.13. The van der Waals surface area contributed by atoms with Gasteiger partial charge < -0.3 is 16.0 Å². The van der Waals surface area contributed by atoms with Gasteiger partial charge in [-0.1, -0.05) is 0 Å². The van der Waals surface area contributed by atoms with E-state index in [1.807, 2.05) is 6.92 Å². The van der Waals surface area contributed by atoms with Crippen molar-refractivity contribution in [2.45, 2.75) is 20.3 Å². The Morgan fingerprint density at radius 3 is 2.70 bits per heavy atom. The molecule has 2 amide bonds. The van der Waals surface area contributed by atoms with Gasteiger partial charge in [0.2, 0.25) is 11.8 Å². The van der Waals surface area contributed by atoms with Crippen LogP contribution in [0.5, 0.6) is 0 Å². The molecule has 20 heavy (non-hydrogen) atoms. The maximum absolute atomic E-state index is 13.5. The maximum Gasteiger partial charge on any atom is 0.231 e. The monoisotopic (exact) mass is 279 g/mol. The van der Waals surface area contributed by atoms with Gasteiger partial charge in [0.25, 0.3) is 0 Å². The Labute approximate surface area is 116 Å². The van der Waals surface area contributed by atoms with Crippen LogP contribution < -0.4 is 16.0 Å². The average Bonchev–Trinajstić information content (AvgIpc) is 2.81. The van der Waals surface area contributed by atoms with E-state index in [9.17, 15) is 14.0 Å². The van der Waals surface area contributed by atoms with Crippen LogP contribution in [-0.2, 0) is 9.59 Å². The van der Waals surface area contributed by atoms with Crippen LogP contribution in [0.2, 0.25) is 0 Å². The van der Waals surface area contributed by atoms with Gasteiger partial charge in [0.05, 0.1) is 11.1 Å². The molecule has 1 unspecified atom stereocenters. The summed E-state index contributed by atoms with van der Waals surface area (Å²) in [6.45, 7) is 4.62. The molecule has 5 nitrogen and oxygen atoms in total. The van der Waals surface area contributed by atoms with Gasteiger partial charge in [0.1, 0.15) is 5.82 Å². The molecule has 1 aromatic rings. The summed E-state index contributed by atoms with van der Waals surface area (Å²) in [5.41, 5.74) is 0.0704. The van der Waals surface area contributed by atoms with Crippen LogP contribution in [0.15, 0.2) is 18.2 Å². The fourth-order valence-electron chi connectivity index (χ4n) is 2.18. The molecule has 3 N–H and O–H groups in total. The topological polar surface area (TPSA) is 70.2 Å². The standard InChI is InChI=1S/C14H18FN3O2/c1-9(19)17-12-7-10(3-4-11(12)15)18-13(20)14(2)5-6-16-8-14/h3-4,7,16H,5-6,8H2,1-2H3,(H,17,19)(H,18,20). The highest BCUT2D eigenvalue weighted by Crippen LogP contribution is 2.27. The SMILES string of the molecule is CC(=O)Nc1cc(NC(=O)C2(C)CCNC2)ccc1F. The molecule has 1 aromatic carbocycles. The zero-order valence-corrected chi connectivity index (χ0v) is 11.5. The van der Waals surface area contributed by atoms with Gasteiger partial charge in [-0.25, -0.2) is 4.39 Å². The summed E-state index contributed by atoms with van der Waals surface area (Å²) in [5, 5.41) is 8.30. The molecule has 0 spiro atoms. The Bertz CT molecular complexity index is 539. The lowest BCUT2D eigenvalue weighted by Gasteiger charge is -2.21. The van der Waals surface area contributed by atoms with Crippen molar-refractivity contribution < 1.29 is 14.0 Å². The summed E-state index contributed by atoms with van der Waals surface area (Å²) in [4.78, 5) is 23.2. The number of carbonyl (C=O) groups excluding carboxylic acids is 2. The smallest absolute Gasteiger partial charge is 0.231 e. The predicted molar refractivity (Wildman–Crippen MR) is 74.9 cm³/mol. The summed E-state index contributed by atoms with van der Waals surface area (Å²) in [5.74, 6) is -1.01. The minimum absolute atomic E-state index is 0.0602. The van der Waals surface area contributed by atoms with E-state index in [0.29, 0.717) is 12.2 Å². The number of carbonyl (C=O) groups is 2. The second kappa shape index (κ2) is 5.58. The van der Waals surface area contributed by atoms with Crippen LogP contribution in [0.25, 0.3) is 0 Å². The highest BCUT2D eigenvalue weighted by Gasteiger charge is 2.36. The molecule has 2 rings (SSSR count). The van der Waals surface area contributed by atoms with Crippen LogP contribution in [0.4, 0.5) is 15.8 Å². The lowest BCUT2D eigenvalue weighted by Crippen LogP contribution is -2.35. The summed E-state index contributed by atoms with van der Waals surface area (Å²) < 4.78 is 13.5. The number of anilines is 2. The number of amides is 2. The predicted octanol–water partition coefficient (Wildman–Crippen LogP) is 1.72. The lowest BCUT2D eigenvalue weighted by atomic mass is 9.89. The van der Waals surface area contributed by atoms with Crippen molar-refractivity contribution in [1.82, 2.24) is 5.32 Å². The Morgan fingerprint density at radius 2 is 2.10 bits per heavy atom. The number of rotatable bonds is 3. The van der Waals surface area contributed by atoms with Crippen molar-refractivity contribution in [3.63, 3.8) is 0 Å². The van der Waals surface area contributed by atoms with Gasteiger partial charge in [0, 0.05) is 19.2 Å². The second-order valence-electron chi connectivity index (χ2n) is 5.32. The number of halogens is 1. The quantitative estimate of drug-likeness (QED) is 0.789. The van der Waals surface area contributed by atoms with Gasteiger partial charge in [-0.3, -0.25) is 9.59 Å². The molecule has 0 radical (unpaired) electrons. The molecule has 1 heterocycles. The first-order valence-electron chi connectivity index (χ1n) is 6.50. The molecule has 0 bridgehead atoms. The minimum atomic E-state index is -0.535. The van der Waals surface area contributed by atoms with Crippen molar-refractivity contribution in [3.05, 3.63) is 24.0 Å². The number of hydrogen-bond donors (Lipinski definition) is 3. The zero-order valence-electron chi connectivity index (χ0n) is 11.5. The normalized spacial score (nSPS) is 21.6. The average molecular weight is 279 g/mol.